The zero-order chi connectivity index (χ0) is 14.5. The van der Waals surface area contributed by atoms with E-state index in [4.69, 9.17) is 14.6 Å². The highest BCUT2D eigenvalue weighted by Gasteiger charge is 2.31. The predicted molar refractivity (Wildman–Crippen MR) is 70.5 cm³/mol. The van der Waals surface area contributed by atoms with Gasteiger partial charge in [-0.25, -0.2) is 4.79 Å². The van der Waals surface area contributed by atoms with E-state index in [1.54, 1.807) is 7.11 Å². The molecule has 7 heteroatoms. The minimum Gasteiger partial charge on any atom is -0.481 e. The summed E-state index contributed by atoms with van der Waals surface area (Å²) in [5, 5.41) is 14.7. The summed E-state index contributed by atoms with van der Waals surface area (Å²) in [5.41, 5.74) is 0. The highest BCUT2D eigenvalue weighted by molar-refractivity contribution is 5.75. The van der Waals surface area contributed by atoms with Crippen LogP contribution in [0.1, 0.15) is 25.7 Å². The van der Waals surface area contributed by atoms with Gasteiger partial charge in [-0.05, 0) is 25.7 Å². The van der Waals surface area contributed by atoms with Crippen molar-refractivity contribution in [2.75, 3.05) is 20.3 Å². The van der Waals surface area contributed by atoms with E-state index in [-0.39, 0.29) is 30.1 Å². The van der Waals surface area contributed by atoms with Crippen LogP contribution >= 0.6 is 0 Å². The van der Waals surface area contributed by atoms with E-state index in [0.29, 0.717) is 38.9 Å². The van der Waals surface area contributed by atoms with Gasteiger partial charge in [-0.2, -0.15) is 0 Å². The van der Waals surface area contributed by atoms with Crippen molar-refractivity contribution >= 4 is 12.0 Å². The predicted octanol–water partition coefficient (Wildman–Crippen LogP) is 0.343. The molecule has 0 radical (unpaired) electrons. The fraction of sp³-hybridized carbons (Fsp3) is 0.846. The van der Waals surface area contributed by atoms with Gasteiger partial charge in [0.2, 0.25) is 0 Å². The Labute approximate surface area is 118 Å². The summed E-state index contributed by atoms with van der Waals surface area (Å²) in [7, 11) is 1.60. The van der Waals surface area contributed by atoms with Gasteiger partial charge in [-0.15, -0.1) is 0 Å². The highest BCUT2D eigenvalue weighted by Crippen LogP contribution is 2.24. The van der Waals surface area contributed by atoms with Crippen molar-refractivity contribution in [3.05, 3.63) is 0 Å². The van der Waals surface area contributed by atoms with E-state index < -0.39 is 5.97 Å². The van der Waals surface area contributed by atoms with Crippen LogP contribution < -0.4 is 10.6 Å². The van der Waals surface area contributed by atoms with Crippen molar-refractivity contribution in [2.24, 2.45) is 5.92 Å². The Hall–Kier alpha value is -1.34. The third-order valence-corrected chi connectivity index (χ3v) is 4.06. The van der Waals surface area contributed by atoms with Crippen LogP contribution in [0.25, 0.3) is 0 Å². The molecule has 1 heterocycles. The summed E-state index contributed by atoms with van der Waals surface area (Å²) in [6, 6.07) is -0.314. The van der Waals surface area contributed by atoms with Crippen molar-refractivity contribution in [3.63, 3.8) is 0 Å². The third-order valence-electron chi connectivity index (χ3n) is 4.06. The maximum absolute atomic E-state index is 11.9. The molecule has 2 amide bonds. The number of carbonyl (C=O) groups is 2. The molecule has 7 nitrogen and oxygen atoms in total. The molecular formula is C13H22N2O5. The lowest BCUT2D eigenvalue weighted by atomic mass is 9.86. The summed E-state index contributed by atoms with van der Waals surface area (Å²) < 4.78 is 10.5. The van der Waals surface area contributed by atoms with Crippen LogP contribution in [-0.4, -0.2) is 55.6 Å². The fourth-order valence-corrected chi connectivity index (χ4v) is 2.78. The Kier molecular flexibility index (Phi) is 5.19. The Morgan fingerprint density at radius 2 is 1.85 bits per heavy atom. The minimum absolute atomic E-state index is 0.0499. The summed E-state index contributed by atoms with van der Waals surface area (Å²) >= 11 is 0. The second kappa shape index (κ2) is 6.90. The second-order valence-corrected chi connectivity index (χ2v) is 5.42. The number of amides is 2. The topological polar surface area (TPSA) is 96.9 Å². The average Bonchev–Trinajstić information content (AvgIpc) is 2.86. The molecule has 2 rings (SSSR count). The number of hydrogen-bond donors (Lipinski definition) is 3. The van der Waals surface area contributed by atoms with E-state index >= 15 is 0 Å². The number of ether oxygens (including phenoxy) is 2. The summed E-state index contributed by atoms with van der Waals surface area (Å²) in [5.74, 6) is -1.00. The van der Waals surface area contributed by atoms with Gasteiger partial charge in [-0.1, -0.05) is 0 Å². The highest BCUT2D eigenvalue weighted by atomic mass is 16.5. The average molecular weight is 286 g/mol. The van der Waals surface area contributed by atoms with Crippen LogP contribution in [0.3, 0.4) is 0 Å². The van der Waals surface area contributed by atoms with E-state index in [2.05, 4.69) is 10.6 Å². The molecule has 1 saturated carbocycles. The molecule has 2 fully saturated rings. The van der Waals surface area contributed by atoms with Gasteiger partial charge >= 0.3 is 12.0 Å². The van der Waals surface area contributed by atoms with Gasteiger partial charge in [0.15, 0.2) is 0 Å². The largest absolute Gasteiger partial charge is 0.481 e. The third kappa shape index (κ3) is 3.83. The first-order valence-electron chi connectivity index (χ1n) is 7.00. The van der Waals surface area contributed by atoms with Crippen molar-refractivity contribution in [2.45, 2.75) is 43.9 Å². The molecule has 114 valence electrons. The quantitative estimate of drug-likeness (QED) is 0.692. The van der Waals surface area contributed by atoms with E-state index in [9.17, 15) is 9.59 Å². The van der Waals surface area contributed by atoms with Crippen LogP contribution in [0.4, 0.5) is 4.79 Å². The standard InChI is InChI=1S/C13H22N2O5/c1-19-11-7-20-6-10(11)15-13(18)14-9-4-2-8(3-5-9)12(16)17/h8-11H,2-7H2,1H3,(H,16,17)(H2,14,15,18)/t8?,9?,10-,11+/m0/s1. The van der Waals surface area contributed by atoms with E-state index in [1.807, 2.05) is 0 Å². The first-order valence-corrected chi connectivity index (χ1v) is 7.00. The second-order valence-electron chi connectivity index (χ2n) is 5.42. The number of methoxy groups -OCH3 is 1. The van der Waals surface area contributed by atoms with Crippen molar-refractivity contribution in [3.8, 4) is 0 Å². The number of carboxylic acid groups (broad SMARTS) is 1. The van der Waals surface area contributed by atoms with Gasteiger partial charge in [0.1, 0.15) is 6.10 Å². The van der Waals surface area contributed by atoms with Crippen LogP contribution in [0.2, 0.25) is 0 Å². The molecule has 3 N–H and O–H groups in total. The maximum atomic E-state index is 11.9. The molecule has 0 aromatic heterocycles. The minimum atomic E-state index is -0.737. The Bertz CT molecular complexity index is 355. The molecule has 1 saturated heterocycles. The zero-order valence-electron chi connectivity index (χ0n) is 11.6. The number of nitrogens with one attached hydrogen (secondary N) is 2. The number of hydrogen-bond acceptors (Lipinski definition) is 4. The van der Waals surface area contributed by atoms with Crippen LogP contribution in [0, 0.1) is 5.92 Å². The van der Waals surface area contributed by atoms with Gasteiger partial charge in [-0.3, -0.25) is 4.79 Å². The lowest BCUT2D eigenvalue weighted by Crippen LogP contribution is -2.51. The zero-order valence-corrected chi connectivity index (χ0v) is 11.6. The molecular weight excluding hydrogens is 264 g/mol. The van der Waals surface area contributed by atoms with Crippen molar-refractivity contribution in [1.82, 2.24) is 10.6 Å². The van der Waals surface area contributed by atoms with Gasteiger partial charge < -0.3 is 25.2 Å². The summed E-state index contributed by atoms with van der Waals surface area (Å²) in [6.45, 7) is 0.947. The molecule has 0 bridgehead atoms. The first-order chi connectivity index (χ1) is 9.60. The lowest BCUT2D eigenvalue weighted by Gasteiger charge is -2.27. The molecule has 1 aliphatic carbocycles. The normalized spacial score (nSPS) is 33.6. The molecule has 0 aromatic carbocycles. The number of rotatable bonds is 4. The molecule has 2 atom stereocenters. The molecule has 0 unspecified atom stereocenters. The molecule has 2 aliphatic rings. The molecule has 0 spiro atoms. The van der Waals surface area contributed by atoms with Gasteiger partial charge in [0.25, 0.3) is 0 Å². The van der Waals surface area contributed by atoms with Crippen molar-refractivity contribution < 1.29 is 24.2 Å². The first kappa shape index (κ1) is 15.1. The Morgan fingerprint density at radius 3 is 2.45 bits per heavy atom. The van der Waals surface area contributed by atoms with Crippen LogP contribution in [-0.2, 0) is 14.3 Å². The Balaban J connectivity index is 1.71. The van der Waals surface area contributed by atoms with Gasteiger partial charge in [0, 0.05) is 13.2 Å². The number of aliphatic carboxylic acids is 1. The summed E-state index contributed by atoms with van der Waals surface area (Å²) in [4.78, 5) is 22.7. The smallest absolute Gasteiger partial charge is 0.315 e. The van der Waals surface area contributed by atoms with Crippen LogP contribution in [0.15, 0.2) is 0 Å². The van der Waals surface area contributed by atoms with E-state index in [0.717, 1.165) is 0 Å². The number of urea groups is 1. The number of carbonyl (C=O) groups excluding carboxylic acids is 1. The maximum Gasteiger partial charge on any atom is 0.315 e. The molecule has 0 aromatic rings. The van der Waals surface area contributed by atoms with Crippen LogP contribution in [0.5, 0.6) is 0 Å². The lowest BCUT2D eigenvalue weighted by molar-refractivity contribution is -0.142. The SMILES string of the molecule is CO[C@@H]1COC[C@@H]1NC(=O)NC1CCC(C(=O)O)CC1. The van der Waals surface area contributed by atoms with E-state index in [1.165, 1.54) is 0 Å². The monoisotopic (exact) mass is 286 g/mol. The molecule has 1 aliphatic heterocycles. The Morgan fingerprint density at radius 1 is 1.15 bits per heavy atom. The fourth-order valence-electron chi connectivity index (χ4n) is 2.78. The molecule has 20 heavy (non-hydrogen) atoms. The number of carboxylic acids is 1. The van der Waals surface area contributed by atoms with Crippen molar-refractivity contribution in [1.29, 1.82) is 0 Å². The van der Waals surface area contributed by atoms with Gasteiger partial charge in [0.05, 0.1) is 25.2 Å². The summed E-state index contributed by atoms with van der Waals surface area (Å²) in [6.07, 6.45) is 2.54.